The molecular weight excluding hydrogens is 471 g/mol. The van der Waals surface area contributed by atoms with Crippen LogP contribution in [0.25, 0.3) is 0 Å². The van der Waals surface area contributed by atoms with Crippen molar-refractivity contribution in [2.24, 2.45) is 0 Å². The Morgan fingerprint density at radius 3 is 2.21 bits per heavy atom. The third kappa shape index (κ3) is 4.42. The smallest absolute Gasteiger partial charge is 0.291 e. The molecule has 2 aromatic carbocycles. The molecule has 1 aliphatic heterocycles. The van der Waals surface area contributed by atoms with Crippen LogP contribution in [-0.4, -0.2) is 16.4 Å². The van der Waals surface area contributed by atoms with E-state index in [4.69, 9.17) is 11.6 Å². The van der Waals surface area contributed by atoms with E-state index < -0.39 is 33.6 Å². The van der Waals surface area contributed by atoms with Crippen molar-refractivity contribution in [2.45, 2.75) is 70.0 Å². The fraction of sp³-hybridized carbons (Fsp3) is 0.440. The maximum Gasteiger partial charge on any atom is 0.418 e. The van der Waals surface area contributed by atoms with E-state index in [1.165, 1.54) is 12.1 Å². The van der Waals surface area contributed by atoms with Gasteiger partial charge in [0.25, 0.3) is 5.24 Å². The summed E-state index contributed by atoms with van der Waals surface area (Å²) in [6, 6.07) is 8.44. The largest absolute Gasteiger partial charge is 0.418 e. The summed E-state index contributed by atoms with van der Waals surface area (Å²) in [5.41, 5.74) is 0.200. The Morgan fingerprint density at radius 2 is 1.64 bits per heavy atom. The van der Waals surface area contributed by atoms with E-state index in [0.29, 0.717) is 27.9 Å². The predicted octanol–water partition coefficient (Wildman–Crippen LogP) is 7.52. The summed E-state index contributed by atoms with van der Waals surface area (Å²) in [7, 11) is 0. The molecule has 1 aliphatic carbocycles. The van der Waals surface area contributed by atoms with Crippen molar-refractivity contribution in [1.82, 2.24) is 0 Å². The van der Waals surface area contributed by atoms with Gasteiger partial charge < -0.3 is 0 Å². The quantitative estimate of drug-likeness (QED) is 0.442. The van der Waals surface area contributed by atoms with Gasteiger partial charge in [0.1, 0.15) is 6.04 Å². The van der Waals surface area contributed by atoms with Gasteiger partial charge in [-0.05, 0) is 64.6 Å². The summed E-state index contributed by atoms with van der Waals surface area (Å²) < 4.78 is 42.9. The Kier molecular flexibility index (Phi) is 5.89. The molecular formula is C25H25ClF3NO2S. The number of nitrogens with zero attached hydrogens (tertiary/aromatic N) is 1. The number of carbonyl (C=O) groups is 2. The number of amides is 1. The second-order valence-electron chi connectivity index (χ2n) is 10.1. The lowest BCUT2D eigenvalue weighted by Crippen LogP contribution is -2.40. The molecule has 1 atom stereocenters. The average Bonchev–Trinajstić information content (AvgIpc) is 2.97. The first-order chi connectivity index (χ1) is 15.2. The molecule has 1 saturated heterocycles. The zero-order valence-corrected chi connectivity index (χ0v) is 20.4. The first-order valence-corrected chi connectivity index (χ1v) is 12.0. The molecule has 2 aliphatic rings. The van der Waals surface area contributed by atoms with Crippen LogP contribution in [0.3, 0.4) is 0 Å². The topological polar surface area (TPSA) is 37.4 Å². The normalized spacial score (nSPS) is 21.9. The van der Waals surface area contributed by atoms with Gasteiger partial charge in [0.15, 0.2) is 0 Å². The molecule has 0 spiro atoms. The van der Waals surface area contributed by atoms with Crippen LogP contribution in [-0.2, 0) is 28.2 Å². The molecule has 0 saturated carbocycles. The zero-order valence-electron chi connectivity index (χ0n) is 18.8. The summed E-state index contributed by atoms with van der Waals surface area (Å²) in [6.45, 7) is 7.91. The Hall–Kier alpha value is -1.99. The highest BCUT2D eigenvalue weighted by molar-refractivity contribution is 8.27. The lowest BCUT2D eigenvalue weighted by Gasteiger charge is -2.43. The molecule has 8 heteroatoms. The van der Waals surface area contributed by atoms with E-state index >= 15 is 0 Å². The van der Waals surface area contributed by atoms with Crippen LogP contribution in [0.4, 0.5) is 23.7 Å². The summed E-state index contributed by atoms with van der Waals surface area (Å²) in [5.74, 6) is 0. The van der Waals surface area contributed by atoms with Gasteiger partial charge in [-0.15, -0.1) is 0 Å². The van der Waals surface area contributed by atoms with E-state index in [-0.39, 0.29) is 17.5 Å². The molecule has 3 nitrogen and oxygen atoms in total. The lowest BCUT2D eigenvalue weighted by molar-refractivity contribution is -0.137. The molecule has 1 unspecified atom stereocenters. The number of anilines is 1. The van der Waals surface area contributed by atoms with Crippen LogP contribution in [0.1, 0.15) is 62.8 Å². The molecule has 1 amide bonds. The molecule has 0 radical (unpaired) electrons. The average molecular weight is 496 g/mol. The Balaban J connectivity index is 1.90. The third-order valence-corrected chi connectivity index (χ3v) is 7.90. The molecule has 0 aromatic heterocycles. The number of halogens is 4. The molecule has 1 heterocycles. The fourth-order valence-electron chi connectivity index (χ4n) is 4.79. The fourth-order valence-corrected chi connectivity index (χ4v) is 5.83. The SMILES string of the molecule is CC1(C)CCC(C)(C)c2cc(C(F)(F)F)c(N3C(=O)SC(=O)C3Cc3cccc(Cl)c3)cc21. The van der Waals surface area contributed by atoms with E-state index in [1.807, 2.05) is 27.7 Å². The van der Waals surface area contributed by atoms with Crippen LogP contribution in [0.15, 0.2) is 36.4 Å². The summed E-state index contributed by atoms with van der Waals surface area (Å²) in [4.78, 5) is 26.6. The van der Waals surface area contributed by atoms with E-state index in [1.54, 1.807) is 24.3 Å². The number of thioether (sulfide) groups is 1. The molecule has 176 valence electrons. The van der Waals surface area contributed by atoms with Crippen LogP contribution >= 0.6 is 23.4 Å². The minimum absolute atomic E-state index is 0.0847. The molecule has 0 N–H and O–H groups in total. The maximum absolute atomic E-state index is 14.3. The number of hydrogen-bond acceptors (Lipinski definition) is 3. The Labute approximate surface area is 200 Å². The summed E-state index contributed by atoms with van der Waals surface area (Å²) in [5, 5.41) is -0.701. The summed E-state index contributed by atoms with van der Waals surface area (Å²) >= 11 is 6.51. The lowest BCUT2D eigenvalue weighted by atomic mass is 9.62. The first-order valence-electron chi connectivity index (χ1n) is 10.8. The third-order valence-electron chi connectivity index (χ3n) is 6.82. The number of benzene rings is 2. The highest BCUT2D eigenvalue weighted by Crippen LogP contribution is 2.51. The van der Waals surface area contributed by atoms with Crippen molar-refractivity contribution >= 4 is 39.4 Å². The highest BCUT2D eigenvalue weighted by atomic mass is 35.5. The van der Waals surface area contributed by atoms with Crippen LogP contribution in [0.5, 0.6) is 0 Å². The van der Waals surface area contributed by atoms with Crippen molar-refractivity contribution in [3.05, 3.63) is 63.7 Å². The van der Waals surface area contributed by atoms with Crippen molar-refractivity contribution in [1.29, 1.82) is 0 Å². The van der Waals surface area contributed by atoms with Gasteiger partial charge >= 0.3 is 6.18 Å². The zero-order chi connectivity index (χ0) is 24.3. The second-order valence-corrected chi connectivity index (χ2v) is 11.5. The number of fused-ring (bicyclic) bond motifs is 1. The molecule has 1 fully saturated rings. The number of hydrogen-bond donors (Lipinski definition) is 0. The second kappa shape index (κ2) is 8.05. The van der Waals surface area contributed by atoms with Crippen LogP contribution in [0, 0.1) is 0 Å². The van der Waals surface area contributed by atoms with Gasteiger partial charge in [0.2, 0.25) is 5.12 Å². The van der Waals surface area contributed by atoms with Gasteiger partial charge in [0, 0.05) is 23.2 Å². The first kappa shape index (κ1) is 24.1. The number of alkyl halides is 3. The molecule has 4 rings (SSSR count). The minimum atomic E-state index is -4.68. The molecule has 2 aromatic rings. The summed E-state index contributed by atoms with van der Waals surface area (Å²) in [6.07, 6.45) is -3.02. The van der Waals surface area contributed by atoms with Gasteiger partial charge in [-0.2, -0.15) is 13.2 Å². The van der Waals surface area contributed by atoms with Crippen molar-refractivity contribution in [3.63, 3.8) is 0 Å². The minimum Gasteiger partial charge on any atom is -0.291 e. The maximum atomic E-state index is 14.3. The van der Waals surface area contributed by atoms with Crippen molar-refractivity contribution in [3.8, 4) is 0 Å². The van der Waals surface area contributed by atoms with Gasteiger partial charge in [0.05, 0.1) is 11.3 Å². The van der Waals surface area contributed by atoms with Crippen LogP contribution < -0.4 is 4.90 Å². The van der Waals surface area contributed by atoms with Crippen molar-refractivity contribution in [2.75, 3.05) is 4.90 Å². The highest BCUT2D eigenvalue weighted by Gasteiger charge is 2.47. The van der Waals surface area contributed by atoms with Crippen molar-refractivity contribution < 1.29 is 22.8 Å². The van der Waals surface area contributed by atoms with E-state index in [0.717, 1.165) is 23.3 Å². The predicted molar refractivity (Wildman–Crippen MR) is 126 cm³/mol. The van der Waals surface area contributed by atoms with Gasteiger partial charge in [-0.3, -0.25) is 14.5 Å². The van der Waals surface area contributed by atoms with Crippen LogP contribution in [0.2, 0.25) is 5.02 Å². The Bertz CT molecular complexity index is 1140. The van der Waals surface area contributed by atoms with E-state index in [9.17, 15) is 22.8 Å². The Morgan fingerprint density at radius 1 is 1.03 bits per heavy atom. The number of rotatable bonds is 3. The standard InChI is InChI=1S/C25H25ClF3NO2S/c1-23(2)8-9-24(3,4)17-13-19(18(12-16(17)23)25(27,28)29)30-20(21(31)33-22(30)32)11-14-6-5-7-15(26)10-14/h5-7,10,12-13,20H,8-9,11H2,1-4H3. The molecule has 0 bridgehead atoms. The van der Waals surface area contributed by atoms with Gasteiger partial charge in [-0.1, -0.05) is 51.4 Å². The monoisotopic (exact) mass is 495 g/mol. The van der Waals surface area contributed by atoms with Gasteiger partial charge in [-0.25, -0.2) is 0 Å². The number of carbonyl (C=O) groups excluding carboxylic acids is 2. The van der Waals surface area contributed by atoms with E-state index in [2.05, 4.69) is 0 Å². The molecule has 33 heavy (non-hydrogen) atoms.